The highest BCUT2D eigenvalue weighted by molar-refractivity contribution is 5.91. The van der Waals surface area contributed by atoms with Crippen molar-refractivity contribution in [3.05, 3.63) is 59.8 Å². The van der Waals surface area contributed by atoms with Crippen molar-refractivity contribution >= 4 is 11.7 Å². The van der Waals surface area contributed by atoms with E-state index in [2.05, 4.69) is 29.1 Å². The number of carbonyl (C=O) groups is 1. The van der Waals surface area contributed by atoms with Gasteiger partial charge in [0.25, 0.3) is 0 Å². The summed E-state index contributed by atoms with van der Waals surface area (Å²) in [4.78, 5) is 16.2. The SMILES string of the molecule is CCC[C@@H](C)C(=O)Nc1ccc(C#Cc2ccccc2)cn1. The fourth-order valence-corrected chi connectivity index (χ4v) is 2.02. The number of amides is 1. The van der Waals surface area contributed by atoms with Crippen molar-refractivity contribution in [1.82, 2.24) is 4.98 Å². The van der Waals surface area contributed by atoms with E-state index in [-0.39, 0.29) is 11.8 Å². The Bertz CT molecular complexity index is 666. The van der Waals surface area contributed by atoms with Crippen LogP contribution in [0.15, 0.2) is 48.7 Å². The van der Waals surface area contributed by atoms with Gasteiger partial charge in [0.1, 0.15) is 5.82 Å². The number of nitrogens with zero attached hydrogens (tertiary/aromatic N) is 1. The molecule has 3 heteroatoms. The van der Waals surface area contributed by atoms with Crippen LogP contribution in [0.3, 0.4) is 0 Å². The molecular weight excluding hydrogens is 272 g/mol. The number of pyridine rings is 1. The maximum absolute atomic E-state index is 11.9. The van der Waals surface area contributed by atoms with Gasteiger partial charge in [-0.25, -0.2) is 4.98 Å². The van der Waals surface area contributed by atoms with Crippen LogP contribution < -0.4 is 5.32 Å². The molecule has 1 heterocycles. The Morgan fingerprint density at radius 3 is 2.50 bits per heavy atom. The van der Waals surface area contributed by atoms with Crippen molar-refractivity contribution < 1.29 is 4.79 Å². The summed E-state index contributed by atoms with van der Waals surface area (Å²) in [6.07, 6.45) is 3.55. The molecule has 0 aliphatic heterocycles. The second-order valence-electron chi connectivity index (χ2n) is 5.23. The van der Waals surface area contributed by atoms with E-state index in [0.29, 0.717) is 5.82 Å². The number of hydrogen-bond acceptors (Lipinski definition) is 2. The van der Waals surface area contributed by atoms with Gasteiger partial charge in [-0.15, -0.1) is 0 Å². The third-order valence-electron chi connectivity index (χ3n) is 3.31. The monoisotopic (exact) mass is 292 g/mol. The van der Waals surface area contributed by atoms with E-state index < -0.39 is 0 Å². The zero-order chi connectivity index (χ0) is 15.8. The highest BCUT2D eigenvalue weighted by atomic mass is 16.1. The van der Waals surface area contributed by atoms with E-state index in [1.165, 1.54) is 0 Å². The zero-order valence-electron chi connectivity index (χ0n) is 13.0. The minimum absolute atomic E-state index is 0.00403. The number of rotatable bonds is 4. The summed E-state index contributed by atoms with van der Waals surface area (Å²) in [6.45, 7) is 4.00. The summed E-state index contributed by atoms with van der Waals surface area (Å²) in [5.41, 5.74) is 1.79. The van der Waals surface area contributed by atoms with Gasteiger partial charge in [0.15, 0.2) is 0 Å². The topological polar surface area (TPSA) is 42.0 Å². The lowest BCUT2D eigenvalue weighted by atomic mass is 10.1. The molecular formula is C19H20N2O. The number of anilines is 1. The second kappa shape index (κ2) is 7.99. The average molecular weight is 292 g/mol. The van der Waals surface area contributed by atoms with Gasteiger partial charge < -0.3 is 5.32 Å². The number of carbonyl (C=O) groups excluding carboxylic acids is 1. The molecule has 0 aliphatic rings. The van der Waals surface area contributed by atoms with Crippen LogP contribution in [0.4, 0.5) is 5.82 Å². The summed E-state index contributed by atoms with van der Waals surface area (Å²) >= 11 is 0. The minimum atomic E-state index is 0.00403. The molecule has 2 aromatic rings. The first-order chi connectivity index (χ1) is 10.7. The van der Waals surface area contributed by atoms with Crippen molar-refractivity contribution in [2.75, 3.05) is 5.32 Å². The maximum atomic E-state index is 11.9. The Labute approximate surface area is 131 Å². The first-order valence-electron chi connectivity index (χ1n) is 7.53. The van der Waals surface area contributed by atoms with Crippen molar-refractivity contribution in [3.63, 3.8) is 0 Å². The van der Waals surface area contributed by atoms with E-state index in [0.717, 1.165) is 24.0 Å². The molecule has 1 aromatic heterocycles. The Morgan fingerprint density at radius 1 is 1.14 bits per heavy atom. The smallest absolute Gasteiger partial charge is 0.228 e. The molecule has 0 aliphatic carbocycles. The van der Waals surface area contributed by atoms with Gasteiger partial charge in [-0.05, 0) is 30.7 Å². The number of aromatic nitrogens is 1. The minimum Gasteiger partial charge on any atom is -0.310 e. The molecule has 22 heavy (non-hydrogen) atoms. The Kier molecular flexibility index (Phi) is 5.73. The van der Waals surface area contributed by atoms with Gasteiger partial charge >= 0.3 is 0 Å². The van der Waals surface area contributed by atoms with Gasteiger partial charge in [-0.1, -0.05) is 50.3 Å². The van der Waals surface area contributed by atoms with Crippen LogP contribution in [0.2, 0.25) is 0 Å². The van der Waals surface area contributed by atoms with Crippen molar-refractivity contribution in [1.29, 1.82) is 0 Å². The lowest BCUT2D eigenvalue weighted by molar-refractivity contribution is -0.119. The molecule has 0 bridgehead atoms. The van der Waals surface area contributed by atoms with E-state index >= 15 is 0 Å². The highest BCUT2D eigenvalue weighted by Gasteiger charge is 2.11. The molecule has 0 unspecified atom stereocenters. The molecule has 2 rings (SSSR count). The van der Waals surface area contributed by atoms with E-state index in [9.17, 15) is 4.79 Å². The predicted molar refractivity (Wildman–Crippen MR) is 89.4 cm³/mol. The average Bonchev–Trinajstić information content (AvgIpc) is 2.55. The molecule has 0 saturated heterocycles. The second-order valence-corrected chi connectivity index (χ2v) is 5.23. The molecule has 3 nitrogen and oxygen atoms in total. The lowest BCUT2D eigenvalue weighted by Gasteiger charge is -2.10. The van der Waals surface area contributed by atoms with Crippen LogP contribution >= 0.6 is 0 Å². The fourth-order valence-electron chi connectivity index (χ4n) is 2.02. The number of benzene rings is 1. The van der Waals surface area contributed by atoms with E-state index in [1.54, 1.807) is 12.3 Å². The molecule has 0 spiro atoms. The summed E-state index contributed by atoms with van der Waals surface area (Å²) in [6, 6.07) is 13.4. The first-order valence-corrected chi connectivity index (χ1v) is 7.53. The summed E-state index contributed by atoms with van der Waals surface area (Å²) in [5, 5.41) is 2.83. The largest absolute Gasteiger partial charge is 0.310 e. The Morgan fingerprint density at radius 2 is 1.86 bits per heavy atom. The summed E-state index contributed by atoms with van der Waals surface area (Å²) in [7, 11) is 0. The molecule has 0 radical (unpaired) electrons. The summed E-state index contributed by atoms with van der Waals surface area (Å²) in [5.74, 6) is 6.72. The Balaban J connectivity index is 1.99. The molecule has 1 amide bonds. The zero-order valence-corrected chi connectivity index (χ0v) is 13.0. The van der Waals surface area contributed by atoms with Gasteiger partial charge in [0.05, 0.1) is 0 Å². The third kappa shape index (κ3) is 4.75. The van der Waals surface area contributed by atoms with Crippen LogP contribution in [0.5, 0.6) is 0 Å². The first kappa shape index (κ1) is 15.8. The lowest BCUT2D eigenvalue weighted by Crippen LogP contribution is -2.20. The number of hydrogen-bond donors (Lipinski definition) is 1. The normalized spacial score (nSPS) is 11.2. The maximum Gasteiger partial charge on any atom is 0.228 e. The van der Waals surface area contributed by atoms with E-state index in [4.69, 9.17) is 0 Å². The number of nitrogens with one attached hydrogen (secondary N) is 1. The third-order valence-corrected chi connectivity index (χ3v) is 3.31. The van der Waals surface area contributed by atoms with Crippen LogP contribution in [0, 0.1) is 17.8 Å². The van der Waals surface area contributed by atoms with Crippen LogP contribution in [-0.2, 0) is 4.79 Å². The van der Waals surface area contributed by atoms with Crippen molar-refractivity contribution in [3.8, 4) is 11.8 Å². The van der Waals surface area contributed by atoms with Crippen molar-refractivity contribution in [2.24, 2.45) is 5.92 Å². The van der Waals surface area contributed by atoms with Gasteiger partial charge in [-0.3, -0.25) is 4.79 Å². The van der Waals surface area contributed by atoms with Crippen molar-refractivity contribution in [2.45, 2.75) is 26.7 Å². The molecule has 1 N–H and O–H groups in total. The highest BCUT2D eigenvalue weighted by Crippen LogP contribution is 2.10. The van der Waals surface area contributed by atoms with Crippen LogP contribution in [0.1, 0.15) is 37.8 Å². The van der Waals surface area contributed by atoms with E-state index in [1.807, 2.05) is 43.3 Å². The molecule has 1 atom stereocenters. The van der Waals surface area contributed by atoms with Gasteiger partial charge in [-0.2, -0.15) is 0 Å². The standard InChI is InChI=1S/C19H20N2O/c1-3-7-15(2)19(22)21-18-13-12-17(14-20-18)11-10-16-8-5-4-6-9-16/h4-6,8-9,12-15H,3,7H2,1-2H3,(H,20,21,22)/t15-/m1/s1. The van der Waals surface area contributed by atoms with Crippen LogP contribution in [0.25, 0.3) is 0 Å². The molecule has 0 fully saturated rings. The molecule has 0 saturated carbocycles. The Hall–Kier alpha value is -2.60. The predicted octanol–water partition coefficient (Wildman–Crippen LogP) is 3.86. The van der Waals surface area contributed by atoms with Gasteiger partial charge in [0.2, 0.25) is 5.91 Å². The van der Waals surface area contributed by atoms with Crippen LogP contribution in [-0.4, -0.2) is 10.9 Å². The molecule has 1 aromatic carbocycles. The quantitative estimate of drug-likeness (QED) is 0.870. The molecule has 112 valence electrons. The summed E-state index contributed by atoms with van der Waals surface area (Å²) < 4.78 is 0. The van der Waals surface area contributed by atoms with Gasteiger partial charge in [0, 0.05) is 23.2 Å². The fraction of sp³-hybridized carbons (Fsp3) is 0.263.